The minimum absolute atomic E-state index is 0.149. The number of rotatable bonds is 9. The molecule has 0 amide bonds. The third-order valence-electron chi connectivity index (χ3n) is 5.27. The standard InChI is InChI=1S/C27H21N3O5S2/c1-4-35-27(32)26-17(3)21(15-29)25(37-26)13-23(31)19(14-28)11-18-7-10-24(22(12-18)30(33)34)36-20-8-5-16(2)6-9-20/h5-12H,4,13H2,1-3H3/b19-11-. The van der Waals surface area contributed by atoms with Crippen LogP contribution in [-0.2, 0) is 16.0 Å². The van der Waals surface area contributed by atoms with E-state index in [2.05, 4.69) is 0 Å². The molecule has 186 valence electrons. The predicted octanol–water partition coefficient (Wildman–Crippen LogP) is 6.19. The lowest BCUT2D eigenvalue weighted by Crippen LogP contribution is -2.05. The quantitative estimate of drug-likeness (QED) is 0.105. The molecule has 0 aliphatic carbocycles. The van der Waals surface area contributed by atoms with Gasteiger partial charge in [-0.1, -0.05) is 35.5 Å². The number of hydrogen-bond acceptors (Lipinski definition) is 9. The van der Waals surface area contributed by atoms with Crippen molar-refractivity contribution in [1.82, 2.24) is 0 Å². The van der Waals surface area contributed by atoms with Gasteiger partial charge in [0.2, 0.25) is 0 Å². The maximum Gasteiger partial charge on any atom is 0.348 e. The van der Waals surface area contributed by atoms with Gasteiger partial charge in [-0.3, -0.25) is 14.9 Å². The molecule has 2 aromatic carbocycles. The molecule has 0 radical (unpaired) electrons. The lowest BCUT2D eigenvalue weighted by atomic mass is 10.0. The van der Waals surface area contributed by atoms with Crippen molar-refractivity contribution >= 4 is 46.6 Å². The fraction of sp³-hybridized carbons (Fsp3) is 0.185. The van der Waals surface area contributed by atoms with Crippen LogP contribution in [0, 0.1) is 46.6 Å². The number of nitriles is 2. The third kappa shape index (κ3) is 6.50. The van der Waals surface area contributed by atoms with Crippen LogP contribution in [0.5, 0.6) is 0 Å². The van der Waals surface area contributed by atoms with Crippen LogP contribution in [0.2, 0.25) is 0 Å². The van der Waals surface area contributed by atoms with E-state index in [-0.39, 0.29) is 34.7 Å². The SMILES string of the molecule is CCOC(=O)c1sc(CC(=O)/C(C#N)=C\c2ccc(Sc3ccc(C)cc3)c([N+](=O)[O-])c2)c(C#N)c1C. The first-order valence-corrected chi connectivity index (χ1v) is 12.7. The van der Waals surface area contributed by atoms with E-state index in [4.69, 9.17) is 4.74 Å². The summed E-state index contributed by atoms with van der Waals surface area (Å²) in [6.07, 6.45) is 1.02. The van der Waals surface area contributed by atoms with E-state index in [9.17, 15) is 30.2 Å². The molecule has 0 saturated carbocycles. The molecule has 0 bridgehead atoms. The molecular formula is C27H21N3O5S2. The molecule has 0 aliphatic rings. The van der Waals surface area contributed by atoms with Crippen molar-refractivity contribution in [2.24, 2.45) is 0 Å². The van der Waals surface area contributed by atoms with Gasteiger partial charge in [0.1, 0.15) is 17.0 Å². The number of aryl methyl sites for hydroxylation is 1. The van der Waals surface area contributed by atoms with E-state index in [1.165, 1.54) is 23.9 Å². The van der Waals surface area contributed by atoms with Crippen molar-refractivity contribution in [3.8, 4) is 12.1 Å². The van der Waals surface area contributed by atoms with Gasteiger partial charge in [0.05, 0.1) is 27.6 Å². The molecule has 0 atom stereocenters. The predicted molar refractivity (Wildman–Crippen MR) is 140 cm³/mol. The fourth-order valence-corrected chi connectivity index (χ4v) is 5.45. The van der Waals surface area contributed by atoms with Gasteiger partial charge in [0.15, 0.2) is 5.78 Å². The van der Waals surface area contributed by atoms with Gasteiger partial charge in [-0.15, -0.1) is 11.3 Å². The Labute approximate surface area is 222 Å². The van der Waals surface area contributed by atoms with Crippen molar-refractivity contribution in [2.75, 3.05) is 6.61 Å². The Hall–Kier alpha value is -4.25. The zero-order valence-electron chi connectivity index (χ0n) is 20.2. The van der Waals surface area contributed by atoms with Crippen LogP contribution in [0.3, 0.4) is 0 Å². The number of benzene rings is 2. The average Bonchev–Trinajstić information content (AvgIpc) is 3.19. The van der Waals surface area contributed by atoms with E-state index in [0.29, 0.717) is 20.9 Å². The molecule has 3 rings (SSSR count). The van der Waals surface area contributed by atoms with Gasteiger partial charge in [-0.2, -0.15) is 10.5 Å². The van der Waals surface area contributed by atoms with Gasteiger partial charge in [0.25, 0.3) is 5.69 Å². The minimum atomic E-state index is -0.577. The Morgan fingerprint density at radius 3 is 2.46 bits per heavy atom. The number of ether oxygens (including phenoxy) is 1. The van der Waals surface area contributed by atoms with Crippen LogP contribution in [0.1, 0.15) is 43.7 Å². The van der Waals surface area contributed by atoms with Crippen LogP contribution >= 0.6 is 23.1 Å². The molecule has 0 fully saturated rings. The number of nitro groups is 1. The van der Waals surface area contributed by atoms with E-state index >= 15 is 0 Å². The highest BCUT2D eigenvalue weighted by atomic mass is 32.2. The molecule has 0 aliphatic heterocycles. The zero-order chi connectivity index (χ0) is 27.1. The number of esters is 1. The summed E-state index contributed by atoms with van der Waals surface area (Å²) in [7, 11) is 0. The maximum absolute atomic E-state index is 12.9. The number of hydrogen-bond donors (Lipinski definition) is 0. The Kier molecular flexibility index (Phi) is 8.96. The Bertz CT molecular complexity index is 1490. The summed E-state index contributed by atoms with van der Waals surface area (Å²) in [6.45, 7) is 5.39. The summed E-state index contributed by atoms with van der Waals surface area (Å²) < 4.78 is 5.01. The van der Waals surface area contributed by atoms with Gasteiger partial charge in [-0.05, 0) is 56.2 Å². The molecule has 37 heavy (non-hydrogen) atoms. The number of carbonyl (C=O) groups is 2. The molecule has 1 heterocycles. The second-order valence-electron chi connectivity index (χ2n) is 7.86. The summed E-state index contributed by atoms with van der Waals surface area (Å²) in [4.78, 5) is 38.2. The van der Waals surface area contributed by atoms with Crippen molar-refractivity contribution in [3.63, 3.8) is 0 Å². The van der Waals surface area contributed by atoms with Crippen molar-refractivity contribution in [3.05, 3.63) is 90.2 Å². The lowest BCUT2D eigenvalue weighted by molar-refractivity contribution is -0.387. The second kappa shape index (κ2) is 12.1. The Morgan fingerprint density at radius 1 is 1.16 bits per heavy atom. The smallest absolute Gasteiger partial charge is 0.348 e. The van der Waals surface area contributed by atoms with Crippen molar-refractivity contribution in [1.29, 1.82) is 10.5 Å². The maximum atomic E-state index is 12.9. The zero-order valence-corrected chi connectivity index (χ0v) is 21.9. The molecule has 8 nitrogen and oxygen atoms in total. The highest BCUT2D eigenvalue weighted by Gasteiger charge is 2.24. The summed E-state index contributed by atoms with van der Waals surface area (Å²) >= 11 is 2.23. The van der Waals surface area contributed by atoms with Crippen LogP contribution in [0.25, 0.3) is 6.08 Å². The monoisotopic (exact) mass is 531 g/mol. The summed E-state index contributed by atoms with van der Waals surface area (Å²) in [5.74, 6) is -1.15. The molecule has 0 unspecified atom stereocenters. The van der Waals surface area contributed by atoms with Gasteiger partial charge in [0, 0.05) is 22.3 Å². The molecule has 0 N–H and O–H groups in total. The second-order valence-corrected chi connectivity index (χ2v) is 10.1. The summed E-state index contributed by atoms with van der Waals surface area (Å²) in [6, 6.07) is 15.9. The molecule has 3 aromatic rings. The van der Waals surface area contributed by atoms with Crippen LogP contribution in [0.4, 0.5) is 5.69 Å². The Balaban J connectivity index is 1.89. The summed E-state index contributed by atoms with van der Waals surface area (Å²) in [5, 5.41) is 30.9. The van der Waals surface area contributed by atoms with Crippen LogP contribution < -0.4 is 0 Å². The number of ketones is 1. The highest BCUT2D eigenvalue weighted by Crippen LogP contribution is 2.36. The van der Waals surface area contributed by atoms with E-state index < -0.39 is 16.7 Å². The largest absolute Gasteiger partial charge is 0.462 e. The van der Waals surface area contributed by atoms with Gasteiger partial charge in [-0.25, -0.2) is 4.79 Å². The number of Topliss-reactive ketones (excluding diaryl/α,β-unsaturated/α-hetero) is 1. The third-order valence-corrected chi connectivity index (χ3v) is 7.62. The normalized spacial score (nSPS) is 10.9. The number of carbonyl (C=O) groups excluding carboxylic acids is 2. The average molecular weight is 532 g/mol. The number of nitrogens with zero attached hydrogens (tertiary/aromatic N) is 3. The van der Waals surface area contributed by atoms with E-state index in [1.54, 1.807) is 26.0 Å². The molecule has 10 heteroatoms. The first kappa shape index (κ1) is 27.3. The van der Waals surface area contributed by atoms with Crippen LogP contribution in [-0.4, -0.2) is 23.3 Å². The highest BCUT2D eigenvalue weighted by molar-refractivity contribution is 7.99. The molecule has 0 spiro atoms. The van der Waals surface area contributed by atoms with Gasteiger partial charge < -0.3 is 4.74 Å². The minimum Gasteiger partial charge on any atom is -0.462 e. The van der Waals surface area contributed by atoms with E-state index in [1.807, 2.05) is 43.3 Å². The van der Waals surface area contributed by atoms with Crippen molar-refractivity contribution in [2.45, 2.75) is 37.0 Å². The van der Waals surface area contributed by atoms with Crippen molar-refractivity contribution < 1.29 is 19.2 Å². The van der Waals surface area contributed by atoms with Gasteiger partial charge >= 0.3 is 5.97 Å². The number of nitro benzene ring substituents is 1. The Morgan fingerprint density at radius 2 is 1.86 bits per heavy atom. The first-order valence-electron chi connectivity index (χ1n) is 11.1. The summed E-state index contributed by atoms with van der Waals surface area (Å²) in [5.41, 5.74) is 1.65. The first-order chi connectivity index (χ1) is 17.7. The molecule has 1 aromatic heterocycles. The van der Waals surface area contributed by atoms with Crippen LogP contribution in [0.15, 0.2) is 57.8 Å². The molecular weight excluding hydrogens is 510 g/mol. The number of thiophene rings is 1. The topological polar surface area (TPSA) is 134 Å². The van der Waals surface area contributed by atoms with E-state index in [0.717, 1.165) is 21.8 Å². The lowest BCUT2D eigenvalue weighted by Gasteiger charge is -2.05. The fourth-order valence-electron chi connectivity index (χ4n) is 3.40. The molecule has 0 saturated heterocycles. The number of allylic oxidation sites excluding steroid dienone is 1.